The average Bonchev–Trinajstić information content (AvgIpc) is 3.20. The summed E-state index contributed by atoms with van der Waals surface area (Å²) in [4.78, 5) is 27.0. The zero-order valence-corrected chi connectivity index (χ0v) is 22.2. The number of hydrogen-bond acceptors (Lipinski definition) is 6. The normalized spacial score (nSPS) is 14.5. The molecule has 5 rings (SSSR count). The summed E-state index contributed by atoms with van der Waals surface area (Å²) in [5.41, 5.74) is 0.213. The molecule has 0 saturated carbocycles. The Morgan fingerprint density at radius 2 is 1.63 bits per heavy atom. The highest BCUT2D eigenvalue weighted by Gasteiger charge is 2.51. The maximum atomic E-state index is 13.7. The van der Waals surface area contributed by atoms with Crippen LogP contribution in [0.25, 0.3) is 16.8 Å². The van der Waals surface area contributed by atoms with Crippen molar-refractivity contribution in [3.05, 3.63) is 113 Å². The molecule has 0 radical (unpaired) electrons. The van der Waals surface area contributed by atoms with Crippen LogP contribution < -0.4 is 9.62 Å². The third-order valence-corrected chi connectivity index (χ3v) is 8.40. The summed E-state index contributed by atoms with van der Waals surface area (Å²) in [5.74, 6) is -4.23. The van der Waals surface area contributed by atoms with Gasteiger partial charge in [-0.15, -0.1) is 0 Å². The van der Waals surface area contributed by atoms with Crippen LogP contribution in [0, 0.1) is 11.6 Å². The first kappa shape index (κ1) is 28.1. The number of nitrogens with zero attached hydrogens (tertiary/aromatic N) is 1. The first-order valence-electron chi connectivity index (χ1n) is 12.4. The van der Waals surface area contributed by atoms with Crippen molar-refractivity contribution in [3.63, 3.8) is 0 Å². The van der Waals surface area contributed by atoms with Crippen molar-refractivity contribution in [1.82, 2.24) is 4.72 Å². The van der Waals surface area contributed by atoms with E-state index < -0.39 is 57.0 Å². The van der Waals surface area contributed by atoms with Gasteiger partial charge in [-0.1, -0.05) is 54.6 Å². The topological polar surface area (TPSA) is 124 Å². The molecule has 4 aromatic rings. The van der Waals surface area contributed by atoms with Gasteiger partial charge in [-0.2, -0.15) is 0 Å². The van der Waals surface area contributed by atoms with Gasteiger partial charge in [-0.25, -0.2) is 21.9 Å². The highest BCUT2D eigenvalue weighted by atomic mass is 32.2. The molecule has 4 aromatic carbocycles. The van der Waals surface area contributed by atoms with Crippen LogP contribution in [0.4, 0.5) is 14.5 Å². The van der Waals surface area contributed by atoms with E-state index >= 15 is 0 Å². The Labute approximate surface area is 234 Å². The van der Waals surface area contributed by atoms with Crippen LogP contribution >= 0.6 is 0 Å². The lowest BCUT2D eigenvalue weighted by Gasteiger charge is -2.24. The summed E-state index contributed by atoms with van der Waals surface area (Å²) in [7, 11) is -4.51. The molecule has 41 heavy (non-hydrogen) atoms. The number of rotatable bonds is 8. The van der Waals surface area contributed by atoms with Crippen LogP contribution in [-0.2, 0) is 31.6 Å². The van der Waals surface area contributed by atoms with E-state index in [9.17, 15) is 37.0 Å². The van der Waals surface area contributed by atoms with Gasteiger partial charge in [-0.3, -0.25) is 9.59 Å². The molecule has 0 spiro atoms. The molecule has 0 bridgehead atoms. The maximum absolute atomic E-state index is 13.7. The van der Waals surface area contributed by atoms with Crippen molar-refractivity contribution in [2.75, 3.05) is 18.1 Å². The summed E-state index contributed by atoms with van der Waals surface area (Å²) in [6.07, 6.45) is 2.21. The summed E-state index contributed by atoms with van der Waals surface area (Å²) in [6, 6.07) is 20.1. The van der Waals surface area contributed by atoms with Gasteiger partial charge in [0.2, 0.25) is 5.91 Å². The van der Waals surface area contributed by atoms with Crippen molar-refractivity contribution in [2.45, 2.75) is 16.9 Å². The summed E-state index contributed by atoms with van der Waals surface area (Å²) < 4.78 is 53.5. The third-order valence-electron chi connectivity index (χ3n) is 7.05. The lowest BCUT2D eigenvalue weighted by molar-refractivity contribution is -0.126. The smallest absolute Gasteiger partial charge is 0.264 e. The second-order valence-electron chi connectivity index (χ2n) is 9.59. The van der Waals surface area contributed by atoms with Crippen LogP contribution in [0.3, 0.4) is 0 Å². The van der Waals surface area contributed by atoms with E-state index in [1.54, 1.807) is 22.9 Å². The lowest BCUT2D eigenvalue weighted by Crippen LogP contribution is -2.45. The van der Waals surface area contributed by atoms with Crippen LogP contribution in [0.5, 0.6) is 0 Å². The minimum atomic E-state index is -4.51. The highest BCUT2D eigenvalue weighted by Crippen LogP contribution is 2.45. The second-order valence-corrected chi connectivity index (χ2v) is 11.3. The van der Waals surface area contributed by atoms with Gasteiger partial charge in [0.25, 0.3) is 15.9 Å². The lowest BCUT2D eigenvalue weighted by atomic mass is 9.82. The molecular weight excluding hydrogens is 554 g/mol. The van der Waals surface area contributed by atoms with Crippen molar-refractivity contribution < 1.29 is 37.0 Å². The van der Waals surface area contributed by atoms with E-state index in [4.69, 9.17) is 0 Å². The van der Waals surface area contributed by atoms with Crippen molar-refractivity contribution >= 4 is 44.4 Å². The van der Waals surface area contributed by atoms with Gasteiger partial charge in [-0.05, 0) is 57.8 Å². The number of amides is 2. The molecule has 0 unspecified atom stereocenters. The fourth-order valence-electron chi connectivity index (χ4n) is 4.92. The highest BCUT2D eigenvalue weighted by molar-refractivity contribution is 7.90. The SMILES string of the molecule is O=C(/C=C/c1cccc2c1N(Cc1ccc3ccccc3c1)C(=O)C2(CO)CO)NS(=O)(=O)c1ccc(F)c(F)c1. The maximum Gasteiger partial charge on any atom is 0.264 e. The van der Waals surface area contributed by atoms with Crippen molar-refractivity contribution in [2.24, 2.45) is 0 Å². The predicted octanol–water partition coefficient (Wildman–Crippen LogP) is 3.41. The predicted molar refractivity (Wildman–Crippen MR) is 148 cm³/mol. The molecule has 0 atom stereocenters. The fourth-order valence-corrected chi connectivity index (χ4v) is 5.88. The molecule has 0 saturated heterocycles. The standard InChI is InChI=1S/C30H24F2N2O6S/c31-25-12-11-23(15-26(25)32)41(39,40)33-27(37)13-10-21-6-3-7-24-28(21)34(29(38)30(24,17-35)18-36)16-19-8-9-20-4-1-2-5-22(20)14-19/h1-15,35-36H,16-18H2,(H,33,37)/b13-10+. The Balaban J connectivity index is 1.48. The Hall–Kier alpha value is -4.45. The number of halogens is 2. The van der Waals surface area contributed by atoms with Crippen LogP contribution in [0.1, 0.15) is 16.7 Å². The number of anilines is 1. The van der Waals surface area contributed by atoms with Crippen molar-refractivity contribution in [3.8, 4) is 0 Å². The Kier molecular flexibility index (Phi) is 7.43. The zero-order chi connectivity index (χ0) is 29.4. The third kappa shape index (κ3) is 5.10. The van der Waals surface area contributed by atoms with E-state index in [2.05, 4.69) is 0 Å². The van der Waals surface area contributed by atoms with Crippen molar-refractivity contribution in [1.29, 1.82) is 0 Å². The molecule has 2 amide bonds. The molecule has 3 N–H and O–H groups in total. The molecule has 210 valence electrons. The Morgan fingerprint density at radius 1 is 0.902 bits per heavy atom. The van der Waals surface area contributed by atoms with E-state index in [-0.39, 0.29) is 6.54 Å². The number of aliphatic hydroxyl groups excluding tert-OH is 2. The number of hydrogen-bond donors (Lipinski definition) is 3. The number of sulfonamides is 1. The van der Waals surface area contributed by atoms with Gasteiger partial charge >= 0.3 is 0 Å². The van der Waals surface area contributed by atoms with Crippen LogP contribution in [0.15, 0.2) is 89.8 Å². The molecule has 1 aliphatic heterocycles. The minimum Gasteiger partial charge on any atom is -0.395 e. The van der Waals surface area contributed by atoms with E-state index in [0.717, 1.165) is 28.5 Å². The number of aliphatic hydroxyl groups is 2. The van der Waals surface area contributed by atoms with E-state index in [0.29, 0.717) is 28.9 Å². The second kappa shape index (κ2) is 10.8. The minimum absolute atomic E-state index is 0.0972. The molecule has 11 heteroatoms. The number of carbonyl (C=O) groups excluding carboxylic acids is 2. The first-order valence-corrected chi connectivity index (χ1v) is 13.9. The zero-order valence-electron chi connectivity index (χ0n) is 21.4. The van der Waals surface area contributed by atoms with Crippen LogP contribution in [0.2, 0.25) is 0 Å². The van der Waals surface area contributed by atoms with Gasteiger partial charge in [0, 0.05) is 6.08 Å². The molecule has 8 nitrogen and oxygen atoms in total. The summed E-state index contributed by atoms with van der Waals surface area (Å²) >= 11 is 0. The van der Waals surface area contributed by atoms with Crippen LogP contribution in [-0.4, -0.2) is 43.7 Å². The number of nitrogens with one attached hydrogen (secondary N) is 1. The Morgan fingerprint density at radius 3 is 2.34 bits per heavy atom. The molecule has 1 heterocycles. The molecule has 0 aliphatic carbocycles. The fraction of sp³-hybridized carbons (Fsp3) is 0.133. The number of fused-ring (bicyclic) bond motifs is 2. The Bertz CT molecular complexity index is 1820. The molecular formula is C30H24F2N2O6S. The van der Waals surface area contributed by atoms with Gasteiger partial charge in [0.05, 0.1) is 30.3 Å². The average molecular weight is 579 g/mol. The van der Waals surface area contributed by atoms with E-state index in [1.807, 2.05) is 42.5 Å². The number of carbonyl (C=O) groups is 2. The largest absolute Gasteiger partial charge is 0.395 e. The first-order chi connectivity index (χ1) is 19.6. The van der Waals surface area contributed by atoms with E-state index in [1.165, 1.54) is 11.0 Å². The quantitative estimate of drug-likeness (QED) is 0.276. The van der Waals surface area contributed by atoms with Gasteiger partial charge in [0.1, 0.15) is 5.41 Å². The molecule has 1 aliphatic rings. The number of benzene rings is 4. The molecule has 0 aromatic heterocycles. The number of para-hydroxylation sites is 1. The van der Waals surface area contributed by atoms with Gasteiger partial charge < -0.3 is 15.1 Å². The van der Waals surface area contributed by atoms with Gasteiger partial charge in [0.15, 0.2) is 11.6 Å². The summed E-state index contributed by atoms with van der Waals surface area (Å²) in [6.45, 7) is -1.23. The summed E-state index contributed by atoms with van der Waals surface area (Å²) in [5, 5.41) is 22.4. The molecule has 0 fully saturated rings. The monoisotopic (exact) mass is 578 g/mol.